The van der Waals surface area contributed by atoms with Crippen molar-refractivity contribution in [1.29, 1.82) is 0 Å². The van der Waals surface area contributed by atoms with Gasteiger partial charge in [0.25, 0.3) is 0 Å². The van der Waals surface area contributed by atoms with Crippen molar-refractivity contribution in [3.05, 3.63) is 52.4 Å². The van der Waals surface area contributed by atoms with Crippen molar-refractivity contribution in [3.63, 3.8) is 0 Å². The van der Waals surface area contributed by atoms with Gasteiger partial charge in [0.1, 0.15) is 11.6 Å². The van der Waals surface area contributed by atoms with E-state index in [1.54, 1.807) is 0 Å². The van der Waals surface area contributed by atoms with Gasteiger partial charge in [0.05, 0.1) is 17.3 Å². The number of carboxylic acids is 1. The van der Waals surface area contributed by atoms with Crippen LogP contribution in [0.2, 0.25) is 5.02 Å². The molecular formula is C12H8ClF2NO3. The van der Waals surface area contributed by atoms with Gasteiger partial charge in [-0.05, 0) is 18.2 Å². The second-order valence-corrected chi connectivity index (χ2v) is 4.08. The molecule has 100 valence electrons. The topological polar surface area (TPSA) is 62.5 Å². The summed E-state index contributed by atoms with van der Waals surface area (Å²) < 4.78 is 31.2. The first-order valence-corrected chi connectivity index (χ1v) is 5.55. The highest BCUT2D eigenvalue weighted by Gasteiger charge is 2.12. The Bertz CT molecular complexity index is 604. The van der Waals surface area contributed by atoms with Gasteiger partial charge in [-0.3, -0.25) is 0 Å². The molecule has 0 aliphatic carbocycles. The molecule has 0 radical (unpaired) electrons. The maximum Gasteiger partial charge on any atom is 0.371 e. The third-order valence-corrected chi connectivity index (χ3v) is 2.62. The Morgan fingerprint density at radius 2 is 2.11 bits per heavy atom. The number of anilines is 1. The van der Waals surface area contributed by atoms with Crippen LogP contribution in [0.15, 0.2) is 28.7 Å². The van der Waals surface area contributed by atoms with Crippen molar-refractivity contribution >= 4 is 23.3 Å². The molecule has 0 saturated heterocycles. The van der Waals surface area contributed by atoms with Crippen LogP contribution >= 0.6 is 11.6 Å². The van der Waals surface area contributed by atoms with Crippen LogP contribution in [0.3, 0.4) is 0 Å². The summed E-state index contributed by atoms with van der Waals surface area (Å²) in [5.74, 6) is -2.74. The molecule has 0 amide bonds. The molecule has 2 rings (SSSR count). The van der Waals surface area contributed by atoms with E-state index in [1.165, 1.54) is 12.1 Å². The SMILES string of the molecule is O=C(O)c1ccc(CNc2c(F)cc(F)cc2Cl)o1. The summed E-state index contributed by atoms with van der Waals surface area (Å²) in [4.78, 5) is 10.6. The van der Waals surface area contributed by atoms with Gasteiger partial charge in [0, 0.05) is 6.07 Å². The molecule has 1 aromatic carbocycles. The quantitative estimate of drug-likeness (QED) is 0.903. The number of aromatic carboxylic acids is 1. The average Bonchev–Trinajstić information content (AvgIpc) is 2.76. The van der Waals surface area contributed by atoms with Gasteiger partial charge in [-0.2, -0.15) is 0 Å². The second kappa shape index (κ2) is 5.27. The maximum absolute atomic E-state index is 13.4. The first-order valence-electron chi connectivity index (χ1n) is 5.18. The Balaban J connectivity index is 2.12. The van der Waals surface area contributed by atoms with E-state index in [1.807, 2.05) is 0 Å². The van der Waals surface area contributed by atoms with Crippen LogP contribution < -0.4 is 5.32 Å². The molecule has 0 aliphatic rings. The smallest absolute Gasteiger partial charge is 0.371 e. The Morgan fingerprint density at radius 1 is 1.37 bits per heavy atom. The van der Waals surface area contributed by atoms with E-state index in [0.717, 1.165) is 6.07 Å². The second-order valence-electron chi connectivity index (χ2n) is 3.67. The highest BCUT2D eigenvalue weighted by molar-refractivity contribution is 6.33. The molecule has 2 aromatic rings. The zero-order valence-electron chi connectivity index (χ0n) is 9.41. The lowest BCUT2D eigenvalue weighted by atomic mass is 10.3. The van der Waals surface area contributed by atoms with Crippen LogP contribution in [0.4, 0.5) is 14.5 Å². The van der Waals surface area contributed by atoms with Crippen LogP contribution in [0.1, 0.15) is 16.3 Å². The third kappa shape index (κ3) is 3.03. The first kappa shape index (κ1) is 13.4. The van der Waals surface area contributed by atoms with Crippen LogP contribution in [0.5, 0.6) is 0 Å². The standard InChI is InChI=1S/C12H8ClF2NO3/c13-8-3-6(14)4-9(15)11(8)16-5-7-1-2-10(19-7)12(17)18/h1-4,16H,5H2,(H,17,18). The molecule has 0 aliphatic heterocycles. The molecule has 0 fully saturated rings. The summed E-state index contributed by atoms with van der Waals surface area (Å²) in [6.45, 7) is 0.0234. The summed E-state index contributed by atoms with van der Waals surface area (Å²) in [5.41, 5.74) is -0.0728. The van der Waals surface area contributed by atoms with Gasteiger partial charge < -0.3 is 14.8 Å². The number of carbonyl (C=O) groups is 1. The lowest BCUT2D eigenvalue weighted by Crippen LogP contribution is -2.02. The largest absolute Gasteiger partial charge is 0.475 e. The fourth-order valence-electron chi connectivity index (χ4n) is 1.47. The van der Waals surface area contributed by atoms with Crippen LogP contribution in [0.25, 0.3) is 0 Å². The van der Waals surface area contributed by atoms with E-state index in [-0.39, 0.29) is 28.8 Å². The number of halogens is 3. The van der Waals surface area contributed by atoms with E-state index >= 15 is 0 Å². The fourth-order valence-corrected chi connectivity index (χ4v) is 1.74. The molecule has 4 nitrogen and oxygen atoms in total. The maximum atomic E-state index is 13.4. The molecule has 0 spiro atoms. The van der Waals surface area contributed by atoms with E-state index in [4.69, 9.17) is 21.1 Å². The Kier molecular flexibility index (Phi) is 3.71. The lowest BCUT2D eigenvalue weighted by molar-refractivity contribution is 0.0660. The van der Waals surface area contributed by atoms with Gasteiger partial charge in [-0.1, -0.05) is 11.6 Å². The molecule has 0 atom stereocenters. The molecular weight excluding hydrogens is 280 g/mol. The van der Waals surface area contributed by atoms with E-state index < -0.39 is 17.6 Å². The third-order valence-electron chi connectivity index (χ3n) is 2.32. The van der Waals surface area contributed by atoms with Gasteiger partial charge in [-0.15, -0.1) is 0 Å². The van der Waals surface area contributed by atoms with Crippen LogP contribution in [0, 0.1) is 11.6 Å². The molecule has 1 heterocycles. The summed E-state index contributed by atoms with van der Waals surface area (Å²) in [6.07, 6.45) is 0. The molecule has 1 aromatic heterocycles. The molecule has 19 heavy (non-hydrogen) atoms. The normalized spacial score (nSPS) is 10.5. The predicted molar refractivity (Wildman–Crippen MR) is 64.4 cm³/mol. The van der Waals surface area contributed by atoms with Crippen LogP contribution in [-0.2, 0) is 6.54 Å². The minimum atomic E-state index is -1.20. The number of rotatable bonds is 4. The van der Waals surface area contributed by atoms with Gasteiger partial charge in [0.2, 0.25) is 5.76 Å². The van der Waals surface area contributed by atoms with E-state index in [0.29, 0.717) is 6.07 Å². The van der Waals surface area contributed by atoms with Gasteiger partial charge in [0.15, 0.2) is 5.82 Å². The Hall–Kier alpha value is -2.08. The van der Waals surface area contributed by atoms with Crippen molar-refractivity contribution in [1.82, 2.24) is 0 Å². The number of hydrogen-bond donors (Lipinski definition) is 2. The van der Waals surface area contributed by atoms with E-state index in [9.17, 15) is 13.6 Å². The highest BCUT2D eigenvalue weighted by Crippen LogP contribution is 2.27. The fraction of sp³-hybridized carbons (Fsp3) is 0.0833. The van der Waals surface area contributed by atoms with Crippen molar-refractivity contribution in [2.45, 2.75) is 6.54 Å². The summed E-state index contributed by atoms with van der Waals surface area (Å²) >= 11 is 5.69. The number of furan rings is 1. The molecule has 0 saturated carbocycles. The van der Waals surface area contributed by atoms with Crippen LogP contribution in [-0.4, -0.2) is 11.1 Å². The highest BCUT2D eigenvalue weighted by atomic mass is 35.5. The molecule has 7 heteroatoms. The van der Waals surface area contributed by atoms with Crippen molar-refractivity contribution in [2.75, 3.05) is 5.32 Å². The number of nitrogens with one attached hydrogen (secondary N) is 1. The summed E-state index contributed by atoms with van der Waals surface area (Å²) in [6, 6.07) is 4.38. The minimum absolute atomic E-state index is 0.0234. The van der Waals surface area contributed by atoms with Crippen molar-refractivity contribution in [3.8, 4) is 0 Å². The van der Waals surface area contributed by atoms with Gasteiger partial charge in [-0.25, -0.2) is 13.6 Å². The monoisotopic (exact) mass is 287 g/mol. The number of hydrogen-bond acceptors (Lipinski definition) is 3. The van der Waals surface area contributed by atoms with Crippen molar-refractivity contribution in [2.24, 2.45) is 0 Å². The summed E-state index contributed by atoms with van der Waals surface area (Å²) in [5, 5.41) is 11.2. The predicted octanol–water partition coefficient (Wildman–Crippen LogP) is 3.52. The zero-order chi connectivity index (χ0) is 14.0. The van der Waals surface area contributed by atoms with Gasteiger partial charge >= 0.3 is 5.97 Å². The zero-order valence-corrected chi connectivity index (χ0v) is 10.2. The molecule has 0 unspecified atom stereocenters. The molecule has 0 bridgehead atoms. The van der Waals surface area contributed by atoms with E-state index in [2.05, 4.69) is 5.32 Å². The lowest BCUT2D eigenvalue weighted by Gasteiger charge is -2.08. The number of carboxylic acid groups (broad SMARTS) is 1. The summed E-state index contributed by atoms with van der Waals surface area (Å²) in [7, 11) is 0. The average molecular weight is 288 g/mol. The Morgan fingerprint density at radius 3 is 2.68 bits per heavy atom. The number of benzene rings is 1. The van der Waals surface area contributed by atoms with Crippen molar-refractivity contribution < 1.29 is 23.1 Å². The molecule has 2 N–H and O–H groups in total. The Labute approximate surface area is 111 Å². The first-order chi connectivity index (χ1) is 8.97. The minimum Gasteiger partial charge on any atom is -0.475 e.